The fraction of sp³-hybridized carbons (Fsp3) is 0.909. The van der Waals surface area contributed by atoms with E-state index in [0.717, 1.165) is 32.1 Å². The van der Waals surface area contributed by atoms with Crippen LogP contribution in [0.1, 0.15) is 25.7 Å². The van der Waals surface area contributed by atoms with E-state index in [-0.39, 0.29) is 11.9 Å². The summed E-state index contributed by atoms with van der Waals surface area (Å²) in [5, 5.41) is 3.23. The molecule has 1 aliphatic carbocycles. The van der Waals surface area contributed by atoms with Crippen molar-refractivity contribution in [2.75, 3.05) is 26.2 Å². The van der Waals surface area contributed by atoms with E-state index in [1.54, 1.807) is 0 Å². The molecule has 0 radical (unpaired) electrons. The second kappa shape index (κ2) is 4.94. The van der Waals surface area contributed by atoms with Crippen molar-refractivity contribution < 1.29 is 4.79 Å². The standard InChI is InChI=1S/C11H21N3O/c12-11(15)10-7-13-5-6-14(10)8-9-3-1-2-4-9/h9-10,13H,1-8H2,(H2,12,15). The lowest BCUT2D eigenvalue weighted by molar-refractivity contribution is -0.124. The topological polar surface area (TPSA) is 58.4 Å². The van der Waals surface area contributed by atoms with Crippen molar-refractivity contribution in [3.8, 4) is 0 Å². The Kier molecular flexibility index (Phi) is 3.59. The number of carbonyl (C=O) groups excluding carboxylic acids is 1. The number of nitrogens with zero attached hydrogens (tertiary/aromatic N) is 1. The van der Waals surface area contributed by atoms with Gasteiger partial charge in [-0.25, -0.2) is 0 Å². The number of carbonyl (C=O) groups is 1. The van der Waals surface area contributed by atoms with Crippen molar-refractivity contribution in [2.45, 2.75) is 31.7 Å². The van der Waals surface area contributed by atoms with E-state index in [4.69, 9.17) is 5.73 Å². The third-order valence-electron chi connectivity index (χ3n) is 3.65. The largest absolute Gasteiger partial charge is 0.368 e. The predicted molar refractivity (Wildman–Crippen MR) is 59.4 cm³/mol. The minimum absolute atomic E-state index is 0.0839. The van der Waals surface area contributed by atoms with Gasteiger partial charge in [0, 0.05) is 26.2 Å². The lowest BCUT2D eigenvalue weighted by Gasteiger charge is -2.35. The van der Waals surface area contributed by atoms with Gasteiger partial charge in [-0.05, 0) is 18.8 Å². The molecule has 1 aliphatic heterocycles. The Hall–Kier alpha value is -0.610. The summed E-state index contributed by atoms with van der Waals surface area (Å²) in [6, 6.07) is -0.0839. The van der Waals surface area contributed by atoms with Crippen molar-refractivity contribution in [1.29, 1.82) is 0 Å². The molecule has 15 heavy (non-hydrogen) atoms. The molecule has 4 heteroatoms. The maximum absolute atomic E-state index is 11.3. The summed E-state index contributed by atoms with van der Waals surface area (Å²) in [7, 11) is 0. The maximum Gasteiger partial charge on any atom is 0.236 e. The van der Waals surface area contributed by atoms with Crippen LogP contribution in [-0.4, -0.2) is 43.0 Å². The highest BCUT2D eigenvalue weighted by atomic mass is 16.1. The van der Waals surface area contributed by atoms with E-state index in [1.165, 1.54) is 25.7 Å². The van der Waals surface area contributed by atoms with Crippen molar-refractivity contribution in [2.24, 2.45) is 11.7 Å². The second-order valence-corrected chi connectivity index (χ2v) is 4.77. The van der Waals surface area contributed by atoms with Crippen LogP contribution in [0, 0.1) is 5.92 Å². The van der Waals surface area contributed by atoms with Gasteiger partial charge in [-0.15, -0.1) is 0 Å². The second-order valence-electron chi connectivity index (χ2n) is 4.77. The van der Waals surface area contributed by atoms with Crippen molar-refractivity contribution in [3.63, 3.8) is 0 Å². The Balaban J connectivity index is 1.89. The van der Waals surface area contributed by atoms with Gasteiger partial charge in [0.15, 0.2) is 0 Å². The molecule has 2 fully saturated rings. The fourth-order valence-electron chi connectivity index (χ4n) is 2.77. The van der Waals surface area contributed by atoms with Crippen LogP contribution in [0.5, 0.6) is 0 Å². The minimum Gasteiger partial charge on any atom is -0.368 e. The summed E-state index contributed by atoms with van der Waals surface area (Å²) in [6.45, 7) is 3.73. The van der Waals surface area contributed by atoms with Gasteiger partial charge >= 0.3 is 0 Å². The molecule has 4 nitrogen and oxygen atoms in total. The molecule has 1 atom stereocenters. The highest BCUT2D eigenvalue weighted by Crippen LogP contribution is 2.26. The smallest absolute Gasteiger partial charge is 0.236 e. The molecule has 2 rings (SSSR count). The van der Waals surface area contributed by atoms with Crippen LogP contribution in [0.4, 0.5) is 0 Å². The van der Waals surface area contributed by atoms with Crippen molar-refractivity contribution in [1.82, 2.24) is 10.2 Å². The van der Waals surface area contributed by atoms with E-state index in [2.05, 4.69) is 10.2 Å². The van der Waals surface area contributed by atoms with Crippen molar-refractivity contribution >= 4 is 5.91 Å². The predicted octanol–water partition coefficient (Wildman–Crippen LogP) is -0.0643. The number of hydrogen-bond acceptors (Lipinski definition) is 3. The Labute approximate surface area is 91.2 Å². The maximum atomic E-state index is 11.3. The number of piperazine rings is 1. The molecule has 1 saturated heterocycles. The summed E-state index contributed by atoms with van der Waals surface area (Å²) >= 11 is 0. The molecular weight excluding hydrogens is 190 g/mol. The molecule has 1 saturated carbocycles. The van der Waals surface area contributed by atoms with Crippen LogP contribution >= 0.6 is 0 Å². The zero-order valence-electron chi connectivity index (χ0n) is 9.24. The minimum atomic E-state index is -0.180. The van der Waals surface area contributed by atoms with Crippen LogP contribution in [0.3, 0.4) is 0 Å². The van der Waals surface area contributed by atoms with Gasteiger partial charge < -0.3 is 11.1 Å². The Morgan fingerprint density at radius 2 is 2.13 bits per heavy atom. The first-order valence-corrected chi connectivity index (χ1v) is 6.01. The molecule has 2 aliphatic rings. The summed E-state index contributed by atoms with van der Waals surface area (Å²) in [5.41, 5.74) is 5.41. The van der Waals surface area contributed by atoms with E-state index in [0.29, 0.717) is 0 Å². The zero-order chi connectivity index (χ0) is 10.7. The quantitative estimate of drug-likeness (QED) is 0.687. The molecule has 1 unspecified atom stereocenters. The molecule has 86 valence electrons. The molecule has 3 N–H and O–H groups in total. The summed E-state index contributed by atoms with van der Waals surface area (Å²) in [6.07, 6.45) is 5.38. The van der Waals surface area contributed by atoms with Gasteiger partial charge in [0.05, 0.1) is 0 Å². The van der Waals surface area contributed by atoms with E-state index < -0.39 is 0 Å². The van der Waals surface area contributed by atoms with E-state index in [1.807, 2.05) is 0 Å². The zero-order valence-corrected chi connectivity index (χ0v) is 9.24. The normalized spacial score (nSPS) is 29.5. The van der Waals surface area contributed by atoms with Crippen LogP contribution in [0.15, 0.2) is 0 Å². The van der Waals surface area contributed by atoms with Crippen LogP contribution in [-0.2, 0) is 4.79 Å². The Morgan fingerprint density at radius 3 is 2.80 bits per heavy atom. The van der Waals surface area contributed by atoms with Gasteiger partial charge in [0.25, 0.3) is 0 Å². The number of nitrogens with one attached hydrogen (secondary N) is 1. The van der Waals surface area contributed by atoms with Gasteiger partial charge in [-0.2, -0.15) is 0 Å². The van der Waals surface area contributed by atoms with Gasteiger partial charge in [-0.3, -0.25) is 9.69 Å². The molecule has 0 aromatic rings. The Morgan fingerprint density at radius 1 is 1.40 bits per heavy atom. The molecule has 0 aromatic heterocycles. The third kappa shape index (κ3) is 2.69. The van der Waals surface area contributed by atoms with E-state index >= 15 is 0 Å². The highest BCUT2D eigenvalue weighted by molar-refractivity contribution is 5.80. The summed E-state index contributed by atoms with van der Waals surface area (Å²) in [4.78, 5) is 13.6. The number of rotatable bonds is 3. The van der Waals surface area contributed by atoms with Crippen LogP contribution in [0.25, 0.3) is 0 Å². The Bertz CT molecular complexity index is 226. The average Bonchev–Trinajstić information content (AvgIpc) is 2.71. The molecular formula is C11H21N3O. The fourth-order valence-corrected chi connectivity index (χ4v) is 2.77. The monoisotopic (exact) mass is 211 g/mol. The summed E-state index contributed by atoms with van der Waals surface area (Å²) < 4.78 is 0. The molecule has 1 heterocycles. The van der Waals surface area contributed by atoms with Gasteiger partial charge in [-0.1, -0.05) is 12.8 Å². The van der Waals surface area contributed by atoms with Crippen LogP contribution < -0.4 is 11.1 Å². The molecule has 0 aromatic carbocycles. The summed E-state index contributed by atoms with van der Waals surface area (Å²) in [5.74, 6) is 0.616. The van der Waals surface area contributed by atoms with E-state index in [9.17, 15) is 4.79 Å². The number of amides is 1. The van der Waals surface area contributed by atoms with Crippen LogP contribution in [0.2, 0.25) is 0 Å². The molecule has 0 spiro atoms. The highest BCUT2D eigenvalue weighted by Gasteiger charge is 2.29. The molecule has 0 bridgehead atoms. The first-order valence-electron chi connectivity index (χ1n) is 6.01. The van der Waals surface area contributed by atoms with Gasteiger partial charge in [0.2, 0.25) is 5.91 Å². The first kappa shape index (κ1) is 10.9. The lowest BCUT2D eigenvalue weighted by atomic mass is 10.1. The third-order valence-corrected chi connectivity index (χ3v) is 3.65. The van der Waals surface area contributed by atoms with Crippen molar-refractivity contribution in [3.05, 3.63) is 0 Å². The number of primary amides is 1. The lowest BCUT2D eigenvalue weighted by Crippen LogP contribution is -2.57. The molecule has 1 amide bonds. The number of hydrogen-bond donors (Lipinski definition) is 2. The SMILES string of the molecule is NC(=O)C1CNCCN1CC1CCCC1. The van der Waals surface area contributed by atoms with Gasteiger partial charge in [0.1, 0.15) is 6.04 Å². The first-order chi connectivity index (χ1) is 7.27. The average molecular weight is 211 g/mol. The number of nitrogens with two attached hydrogens (primary N) is 1.